The van der Waals surface area contributed by atoms with Crippen LogP contribution in [-0.4, -0.2) is 132 Å². The maximum atomic E-state index is 11.7. The number of methoxy groups -OCH3 is 5. The maximum absolute atomic E-state index is 11.7. The van der Waals surface area contributed by atoms with Gasteiger partial charge < -0.3 is 43.8 Å². The molecule has 1 aliphatic heterocycles. The number of hydrogen-bond acceptors (Lipinski definition) is 25. The highest BCUT2D eigenvalue weighted by Gasteiger charge is 2.52. The summed E-state index contributed by atoms with van der Waals surface area (Å²) in [7, 11) is 5.61. The molecule has 0 spiro atoms. The number of pyridine rings is 3. The molecule has 1 saturated heterocycles. The first-order valence-electron chi connectivity index (χ1n) is 30.9. The van der Waals surface area contributed by atoms with Gasteiger partial charge in [0.25, 0.3) is 22.7 Å². The molecule has 3 N–H and O–H groups in total. The van der Waals surface area contributed by atoms with Gasteiger partial charge in [-0.05, 0) is 217 Å². The molecule has 30 nitrogen and oxygen atoms in total. The number of nitrogen functional groups attached to an aromatic ring is 1. The smallest absolute Gasteiger partial charge is 0.478 e. The molecule has 4 heterocycles. The van der Waals surface area contributed by atoms with E-state index in [0.29, 0.717) is 40.7 Å². The molecule has 0 aliphatic carbocycles. The first kappa shape index (κ1) is 93.8. The number of nitro groups is 4. The van der Waals surface area contributed by atoms with E-state index in [-0.39, 0.29) is 58.4 Å². The van der Waals surface area contributed by atoms with Crippen molar-refractivity contribution in [1.82, 2.24) is 15.0 Å². The van der Waals surface area contributed by atoms with Gasteiger partial charge >= 0.3 is 42.9 Å². The summed E-state index contributed by atoms with van der Waals surface area (Å²) >= 11 is 10.5. The van der Waals surface area contributed by atoms with Crippen molar-refractivity contribution < 1.29 is 86.6 Å². The highest BCUT2D eigenvalue weighted by Crippen LogP contribution is 2.37. The number of nitro benzene ring substituents is 4. The van der Waals surface area contributed by atoms with Crippen molar-refractivity contribution >= 4 is 190 Å². The zero-order valence-corrected chi connectivity index (χ0v) is 70.3. The second kappa shape index (κ2) is 44.3. The van der Waals surface area contributed by atoms with Gasteiger partial charge in [0.2, 0.25) is 0 Å². The highest BCUT2D eigenvalue weighted by molar-refractivity contribution is 14.2. The Balaban J connectivity index is 0.000000338. The number of anilines is 1. The number of rotatable bonds is 14. The minimum Gasteiger partial charge on any atom is -0.478 e. The van der Waals surface area contributed by atoms with Gasteiger partial charge in [0.1, 0.15) is 0 Å². The predicted octanol–water partition coefficient (Wildman–Crippen LogP) is 16.6. The molecule has 0 unspecified atom stereocenters. The van der Waals surface area contributed by atoms with Crippen molar-refractivity contribution in [3.8, 4) is 33.8 Å². The number of benzene rings is 6. The molecular formula is C73H72BI5N8O22. The van der Waals surface area contributed by atoms with Gasteiger partial charge in [-0.15, -0.1) is 0 Å². The van der Waals surface area contributed by atoms with Crippen LogP contribution in [0.1, 0.15) is 114 Å². The number of carbonyl (C=O) groups is 6. The first-order valence-corrected chi connectivity index (χ1v) is 37.1. The zero-order valence-electron chi connectivity index (χ0n) is 59.5. The number of aryl methyl sites for hydroxylation is 3. The van der Waals surface area contributed by atoms with Crippen molar-refractivity contribution in [2.75, 3.05) is 43.7 Å². The van der Waals surface area contributed by atoms with E-state index in [1.807, 2.05) is 136 Å². The van der Waals surface area contributed by atoms with Crippen molar-refractivity contribution in [2.24, 2.45) is 0 Å². The Morgan fingerprint density at radius 2 is 0.706 bits per heavy atom. The molecule has 10 rings (SSSR count). The number of esters is 5. The van der Waals surface area contributed by atoms with Crippen molar-refractivity contribution in [2.45, 2.75) is 67.1 Å². The Morgan fingerprint density at radius 1 is 0.431 bits per heavy atom. The lowest BCUT2D eigenvalue weighted by molar-refractivity contribution is -0.385. The van der Waals surface area contributed by atoms with Crippen LogP contribution < -0.4 is 11.2 Å². The van der Waals surface area contributed by atoms with Gasteiger partial charge in [-0.2, -0.15) is 0 Å². The lowest BCUT2D eigenvalue weighted by Gasteiger charge is -2.32. The molecule has 6 aromatic carbocycles. The van der Waals surface area contributed by atoms with Crippen LogP contribution in [0.3, 0.4) is 0 Å². The molecule has 36 heteroatoms. The third kappa shape index (κ3) is 29.2. The molecule has 3 aromatic heterocycles. The third-order valence-corrected chi connectivity index (χ3v) is 16.7. The zero-order chi connectivity index (χ0) is 81.1. The Kier molecular flexibility index (Phi) is 38.2. The maximum Gasteiger partial charge on any atom is 0.495 e. The number of nitrogens with zero attached hydrogens (tertiary/aromatic N) is 7. The number of aromatic nitrogens is 3. The van der Waals surface area contributed by atoms with E-state index in [9.17, 15) is 69.2 Å². The summed E-state index contributed by atoms with van der Waals surface area (Å²) in [5.74, 6) is -3.76. The van der Waals surface area contributed by atoms with E-state index in [1.54, 1.807) is 48.8 Å². The number of carboxylic acids is 1. The molecule has 574 valence electrons. The van der Waals surface area contributed by atoms with Crippen LogP contribution in [-0.2, 0) is 33.0 Å². The Bertz CT molecular complexity index is 4620. The summed E-state index contributed by atoms with van der Waals surface area (Å²) in [5.41, 5.74) is 13.7. The Hall–Kier alpha value is -9.38. The summed E-state index contributed by atoms with van der Waals surface area (Å²) in [4.78, 5) is 121. The number of halogens is 5. The number of non-ortho nitro benzene ring substituents is 4. The molecule has 9 aromatic rings. The molecule has 0 atom stereocenters. The second-order valence-corrected chi connectivity index (χ2v) is 31.4. The van der Waals surface area contributed by atoms with Crippen LogP contribution in [0.4, 0.5) is 28.4 Å². The molecule has 0 saturated carbocycles. The van der Waals surface area contributed by atoms with Crippen LogP contribution in [0.25, 0.3) is 33.8 Å². The third-order valence-electron chi connectivity index (χ3n) is 14.8. The highest BCUT2D eigenvalue weighted by atomic mass is 127. The van der Waals surface area contributed by atoms with Gasteiger partial charge in [-0.25, -0.2) is 28.8 Å². The minimum atomic E-state index is -1.17. The number of nitrogens with two attached hydrogens (primary N) is 1. The van der Waals surface area contributed by atoms with Crippen molar-refractivity contribution in [1.29, 1.82) is 0 Å². The van der Waals surface area contributed by atoms with E-state index < -0.39 is 67.9 Å². The lowest BCUT2D eigenvalue weighted by atomic mass is 9.78. The SMILES string of the molecule is C.COC(=O)c1cc(-c2ccc(C)cn2)cc([N+](=O)[O-])c1.COC(=O)c1cc(B2OC(C)(C)C(C)(C)O2)cc([N+](=O)[O-])c1.COC(=O)c1cc(I)cc(-c2ccc(C)cn2)c1.COC(=O)c1cc(I)cc([N+](=O)[O-])c1.COC(=O)c1cc(N)cc(-c2ccc(C)cn2)c1.ICI.O=C(O)c1cc(I)cc([N+](=O)[O-])c1. The van der Waals surface area contributed by atoms with E-state index in [4.69, 9.17) is 24.9 Å². The number of carbonyl (C=O) groups excluding carboxylic acids is 5. The largest absolute Gasteiger partial charge is 0.495 e. The van der Waals surface area contributed by atoms with E-state index >= 15 is 0 Å². The molecule has 0 amide bonds. The number of hydrogen-bond donors (Lipinski definition) is 2. The van der Waals surface area contributed by atoms with E-state index in [1.165, 1.54) is 105 Å². The van der Waals surface area contributed by atoms with Crippen LogP contribution in [0, 0.1) is 71.9 Å². The number of carboxylic acid groups (broad SMARTS) is 1. The minimum absolute atomic E-state index is 0. The second-order valence-electron chi connectivity index (χ2n) is 23.2. The fourth-order valence-electron chi connectivity index (χ4n) is 8.83. The van der Waals surface area contributed by atoms with E-state index in [2.05, 4.69) is 102 Å². The van der Waals surface area contributed by atoms with Gasteiger partial charge in [0.05, 0.1) is 119 Å². The van der Waals surface area contributed by atoms with Gasteiger partial charge in [0.15, 0.2) is 0 Å². The normalized spacial score (nSPS) is 11.6. The van der Waals surface area contributed by atoms with Crippen LogP contribution in [0.2, 0.25) is 0 Å². The van der Waals surface area contributed by atoms with Gasteiger partial charge in [0, 0.05) is 100 Å². The standard InChI is InChI=1S/C14H18BNO6.C14H12INO2.C14H12N2O4.C14H14N2O2.C8H6INO4.C7H4INO4.CH2I2.CH4/c1-13(2)14(3,4)22-15(21-13)10-6-9(12(17)20-5)7-11(8-10)16(18)19;1-9-3-4-13(16-8-9)10-5-11(14(17)18-2)7-12(15)6-10;1-9-3-4-13(15-8-9)10-5-11(14(17)20-2)7-12(6-10)16(18)19;1-9-3-4-13(16-8-9)10-5-11(14(17)18-2)7-12(15)6-10;1-14-8(11)5-2-6(9)4-7(3-5)10(12)13;8-5-1-4(7(10)11)2-6(3-5)9(12)13;2-1-3;/h6-8H,1-5H3;3-8H,1-2H3;3-8H,1-2H3;3-8H,15H2,1-2H3;2-4H,1H3;1-3H,(H,10,11);1H2;1H4. The van der Waals surface area contributed by atoms with E-state index in [0.717, 1.165) is 48.8 Å². The molecular weight excluding hydrogens is 1990 g/mol. The summed E-state index contributed by atoms with van der Waals surface area (Å²) in [6.07, 6.45) is 5.25. The molecule has 0 radical (unpaired) electrons. The number of aromatic carboxylic acids is 1. The molecule has 1 aliphatic rings. The van der Waals surface area contributed by atoms with Crippen LogP contribution in [0.5, 0.6) is 0 Å². The summed E-state index contributed by atoms with van der Waals surface area (Å²) in [6.45, 7) is 13.4. The first-order chi connectivity index (χ1) is 50.7. The predicted molar refractivity (Wildman–Crippen MR) is 451 cm³/mol. The quantitative estimate of drug-likeness (QED) is 0.0149. The summed E-state index contributed by atoms with van der Waals surface area (Å²) in [5, 5.41) is 51.4. The van der Waals surface area contributed by atoms with Crippen molar-refractivity contribution in [3.63, 3.8) is 0 Å². The molecule has 109 heavy (non-hydrogen) atoms. The van der Waals surface area contributed by atoms with Crippen LogP contribution in [0.15, 0.2) is 164 Å². The Labute approximate surface area is 694 Å². The summed E-state index contributed by atoms with van der Waals surface area (Å²) in [6, 6.07) is 38.0. The average Bonchev–Trinajstić information content (AvgIpc) is 1.62. The molecule has 0 bridgehead atoms. The monoisotopic (exact) mass is 2060 g/mol. The van der Waals surface area contributed by atoms with Gasteiger partial charge in [-0.3, -0.25) is 55.4 Å². The van der Waals surface area contributed by atoms with Crippen molar-refractivity contribution in [3.05, 3.63) is 265 Å². The number of alkyl halides is 2. The molecule has 1 fully saturated rings. The lowest BCUT2D eigenvalue weighted by Crippen LogP contribution is -2.41. The summed E-state index contributed by atoms with van der Waals surface area (Å²) < 4.78 is 38.1. The Morgan fingerprint density at radius 3 is 1.04 bits per heavy atom. The average molecular weight is 2060 g/mol. The fraction of sp³-hybridized carbons (Fsp3) is 0.219. The topological polar surface area (TPSA) is 425 Å². The van der Waals surface area contributed by atoms with Crippen LogP contribution >= 0.6 is 113 Å². The fourth-order valence-corrected chi connectivity index (χ4v) is 10.8. The number of ether oxygens (including phenoxy) is 5. The van der Waals surface area contributed by atoms with Gasteiger partial charge in [-0.1, -0.05) is 70.8 Å².